The molecule has 0 aliphatic carbocycles. The minimum absolute atomic E-state index is 0.00796. The van der Waals surface area contributed by atoms with Crippen LogP contribution in [0.1, 0.15) is 11.1 Å². The van der Waals surface area contributed by atoms with Crippen LogP contribution in [0.15, 0.2) is 10.5 Å². The van der Waals surface area contributed by atoms with Crippen molar-refractivity contribution < 1.29 is 9.50 Å². The van der Waals surface area contributed by atoms with Gasteiger partial charge in [-0.25, -0.2) is 4.39 Å². The fourth-order valence-electron chi connectivity index (χ4n) is 1.05. The lowest BCUT2D eigenvalue weighted by molar-refractivity contribution is 0.426. The molecule has 2 nitrogen and oxygen atoms in total. The maximum Gasteiger partial charge on any atom is 0.166 e. The maximum atomic E-state index is 13.0. The summed E-state index contributed by atoms with van der Waals surface area (Å²) in [6, 6.07) is 3.06. The molecule has 0 aliphatic heterocycles. The van der Waals surface area contributed by atoms with Gasteiger partial charge in [0.1, 0.15) is 0 Å². The second-order valence-corrected chi connectivity index (χ2v) is 3.48. The quantitative estimate of drug-likeness (QED) is 0.825. The first-order chi connectivity index (χ1) is 6.07. The molecule has 4 heteroatoms. The van der Waals surface area contributed by atoms with Crippen LogP contribution in [-0.2, 0) is 6.42 Å². The van der Waals surface area contributed by atoms with Gasteiger partial charge in [-0.15, -0.1) is 0 Å². The first kappa shape index (κ1) is 10.0. The molecule has 0 radical (unpaired) electrons. The van der Waals surface area contributed by atoms with Crippen molar-refractivity contribution in [2.24, 2.45) is 0 Å². The molecule has 0 fully saturated rings. The molecule has 0 saturated carbocycles. The van der Waals surface area contributed by atoms with Crippen LogP contribution >= 0.6 is 15.9 Å². The number of rotatable bonds is 1. The number of aromatic hydroxyl groups is 1. The van der Waals surface area contributed by atoms with Crippen molar-refractivity contribution in [3.63, 3.8) is 0 Å². The van der Waals surface area contributed by atoms with Gasteiger partial charge in [0.25, 0.3) is 0 Å². The zero-order valence-electron chi connectivity index (χ0n) is 6.93. The van der Waals surface area contributed by atoms with Gasteiger partial charge in [0, 0.05) is 10.0 Å². The predicted molar refractivity (Wildman–Crippen MR) is 49.8 cm³/mol. The summed E-state index contributed by atoms with van der Waals surface area (Å²) in [4.78, 5) is 0. The minimum Gasteiger partial charge on any atom is -0.505 e. The van der Waals surface area contributed by atoms with Gasteiger partial charge in [0.2, 0.25) is 0 Å². The van der Waals surface area contributed by atoms with Crippen molar-refractivity contribution in [2.45, 2.75) is 13.3 Å². The predicted octanol–water partition coefficient (Wildman–Crippen LogP) is 2.67. The van der Waals surface area contributed by atoms with Crippen LogP contribution < -0.4 is 0 Å². The number of nitriles is 1. The van der Waals surface area contributed by atoms with E-state index in [1.807, 2.05) is 6.07 Å². The Morgan fingerprint density at radius 2 is 2.31 bits per heavy atom. The maximum absolute atomic E-state index is 13.0. The first-order valence-electron chi connectivity index (χ1n) is 3.61. The smallest absolute Gasteiger partial charge is 0.166 e. The standard InChI is InChI=1S/C9H7BrFNO/c1-5-6(2-3-12)9(13)8(11)4-7(5)10/h4,13H,2H2,1H3. The third-order valence-corrected chi connectivity index (χ3v) is 2.66. The van der Waals surface area contributed by atoms with E-state index >= 15 is 0 Å². The van der Waals surface area contributed by atoms with Crippen LogP contribution in [0.25, 0.3) is 0 Å². The summed E-state index contributed by atoms with van der Waals surface area (Å²) in [7, 11) is 0. The zero-order valence-corrected chi connectivity index (χ0v) is 8.52. The molecule has 0 aliphatic rings. The lowest BCUT2D eigenvalue weighted by Gasteiger charge is -2.07. The molecule has 1 rings (SSSR count). The van der Waals surface area contributed by atoms with Crippen LogP contribution in [0.2, 0.25) is 0 Å². The third-order valence-electron chi connectivity index (χ3n) is 1.83. The van der Waals surface area contributed by atoms with Crippen LogP contribution in [-0.4, -0.2) is 5.11 Å². The third kappa shape index (κ3) is 1.81. The largest absolute Gasteiger partial charge is 0.505 e. The molecule has 68 valence electrons. The summed E-state index contributed by atoms with van der Waals surface area (Å²) in [5, 5.41) is 17.7. The van der Waals surface area contributed by atoms with E-state index in [0.29, 0.717) is 15.6 Å². The Kier molecular flexibility index (Phi) is 2.89. The number of halogens is 2. The highest BCUT2D eigenvalue weighted by atomic mass is 79.9. The highest BCUT2D eigenvalue weighted by Crippen LogP contribution is 2.30. The number of phenols is 1. The summed E-state index contributed by atoms with van der Waals surface area (Å²) in [6.45, 7) is 1.72. The highest BCUT2D eigenvalue weighted by molar-refractivity contribution is 9.10. The van der Waals surface area contributed by atoms with E-state index < -0.39 is 11.6 Å². The topological polar surface area (TPSA) is 44.0 Å². The Hall–Kier alpha value is -1.08. The normalized spacial score (nSPS) is 9.69. The van der Waals surface area contributed by atoms with E-state index in [1.54, 1.807) is 6.92 Å². The Labute approximate surface area is 83.7 Å². The van der Waals surface area contributed by atoms with Crippen LogP contribution in [0, 0.1) is 24.1 Å². The molecule has 1 N–H and O–H groups in total. The van der Waals surface area contributed by atoms with Gasteiger partial charge in [0.05, 0.1) is 12.5 Å². The molecule has 13 heavy (non-hydrogen) atoms. The Morgan fingerprint density at radius 3 is 2.85 bits per heavy atom. The molecule has 0 unspecified atom stereocenters. The van der Waals surface area contributed by atoms with E-state index in [0.717, 1.165) is 0 Å². The van der Waals surface area contributed by atoms with Crippen LogP contribution in [0.5, 0.6) is 5.75 Å². The molecule has 0 atom stereocenters. The van der Waals surface area contributed by atoms with Crippen molar-refractivity contribution >= 4 is 15.9 Å². The lowest BCUT2D eigenvalue weighted by atomic mass is 10.1. The lowest BCUT2D eigenvalue weighted by Crippen LogP contribution is -1.93. The first-order valence-corrected chi connectivity index (χ1v) is 4.40. The van der Waals surface area contributed by atoms with Crippen LogP contribution in [0.4, 0.5) is 4.39 Å². The molecule has 0 heterocycles. The molecule has 0 amide bonds. The molecule has 1 aromatic rings. The van der Waals surface area contributed by atoms with Crippen LogP contribution in [0.3, 0.4) is 0 Å². The van der Waals surface area contributed by atoms with Crippen molar-refractivity contribution in [1.29, 1.82) is 5.26 Å². The molecule has 1 aromatic carbocycles. The second kappa shape index (κ2) is 3.75. The van der Waals surface area contributed by atoms with Gasteiger partial charge in [-0.3, -0.25) is 0 Å². The Morgan fingerprint density at radius 1 is 1.69 bits per heavy atom. The van der Waals surface area contributed by atoms with E-state index in [9.17, 15) is 9.50 Å². The van der Waals surface area contributed by atoms with Gasteiger partial charge < -0.3 is 5.11 Å². The number of hydrogen-bond donors (Lipinski definition) is 1. The zero-order chi connectivity index (χ0) is 10.0. The van der Waals surface area contributed by atoms with Gasteiger partial charge in [-0.2, -0.15) is 5.26 Å². The Bertz CT molecular complexity index is 358. The van der Waals surface area contributed by atoms with E-state index in [2.05, 4.69) is 15.9 Å². The average molecular weight is 244 g/mol. The molecule has 0 spiro atoms. The van der Waals surface area contributed by atoms with Crippen molar-refractivity contribution in [3.8, 4) is 11.8 Å². The second-order valence-electron chi connectivity index (χ2n) is 2.63. The number of phenolic OH excluding ortho intramolecular Hbond substituents is 1. The SMILES string of the molecule is Cc1c(Br)cc(F)c(O)c1CC#N. The van der Waals surface area contributed by atoms with Crippen molar-refractivity contribution in [1.82, 2.24) is 0 Å². The molecular formula is C9H7BrFNO. The summed E-state index contributed by atoms with van der Waals surface area (Å²) < 4.78 is 13.5. The minimum atomic E-state index is -0.706. The van der Waals surface area contributed by atoms with E-state index in [-0.39, 0.29) is 6.42 Å². The molecule has 0 saturated heterocycles. The summed E-state index contributed by atoms with van der Waals surface area (Å²) in [6.07, 6.45) is 0.00796. The fraction of sp³-hybridized carbons (Fsp3) is 0.222. The molecule has 0 bridgehead atoms. The average Bonchev–Trinajstić information content (AvgIpc) is 2.09. The summed E-state index contributed by atoms with van der Waals surface area (Å²) in [5.41, 5.74) is 1.04. The van der Waals surface area contributed by atoms with Gasteiger partial charge >= 0.3 is 0 Å². The fourth-order valence-corrected chi connectivity index (χ4v) is 1.49. The number of hydrogen-bond acceptors (Lipinski definition) is 2. The molecule has 0 aromatic heterocycles. The van der Waals surface area contributed by atoms with Crippen molar-refractivity contribution in [3.05, 3.63) is 27.5 Å². The Balaban J connectivity index is 3.39. The van der Waals surface area contributed by atoms with Crippen molar-refractivity contribution in [2.75, 3.05) is 0 Å². The highest BCUT2D eigenvalue weighted by Gasteiger charge is 2.12. The van der Waals surface area contributed by atoms with E-state index in [4.69, 9.17) is 5.26 Å². The van der Waals surface area contributed by atoms with Gasteiger partial charge in [0.15, 0.2) is 11.6 Å². The molecular weight excluding hydrogens is 237 g/mol. The summed E-state index contributed by atoms with van der Waals surface area (Å²) in [5.74, 6) is -1.13. The van der Waals surface area contributed by atoms with Gasteiger partial charge in [-0.05, 0) is 18.6 Å². The van der Waals surface area contributed by atoms with Gasteiger partial charge in [-0.1, -0.05) is 15.9 Å². The van der Waals surface area contributed by atoms with E-state index in [1.165, 1.54) is 6.07 Å². The number of benzene rings is 1. The summed E-state index contributed by atoms with van der Waals surface area (Å²) >= 11 is 3.14. The monoisotopic (exact) mass is 243 g/mol. The number of nitrogens with zero attached hydrogens (tertiary/aromatic N) is 1.